The fraction of sp³-hybridized carbons (Fsp3) is 0.357. The number of ether oxygens (including phenoxy) is 1. The summed E-state index contributed by atoms with van der Waals surface area (Å²) in [6, 6.07) is 42.8. The molecule has 0 saturated carbocycles. The number of allylic oxidation sites excluding steroid dienone is 1. The lowest BCUT2D eigenvalue weighted by Gasteiger charge is -2.47. The first-order valence-electron chi connectivity index (χ1n) is 17.3. The van der Waals surface area contributed by atoms with E-state index in [1.807, 2.05) is 0 Å². The molecule has 1 heterocycles. The molecule has 4 nitrogen and oxygen atoms in total. The molecule has 0 saturated heterocycles. The minimum Gasteiger partial charge on any atom is -0.405 e. The molecule has 0 unspecified atom stereocenters. The molecule has 48 heavy (non-hydrogen) atoms. The average Bonchev–Trinajstić information content (AvgIpc) is 3.18. The molecular weight excluding hydrogens is 625 g/mol. The number of carbonyl (C=O) groups excluding carboxylic acids is 1. The van der Waals surface area contributed by atoms with Crippen LogP contribution in [0.2, 0.25) is 10.1 Å². The molecule has 0 N–H and O–H groups in total. The molecule has 0 bridgehead atoms. The Morgan fingerprint density at radius 1 is 0.646 bits per heavy atom. The second-order valence-corrected chi connectivity index (χ2v) is 23.5. The lowest BCUT2D eigenvalue weighted by Crippen LogP contribution is -2.69. The van der Waals surface area contributed by atoms with Gasteiger partial charge in [-0.25, -0.2) is 0 Å². The molecule has 6 heteroatoms. The highest BCUT2D eigenvalue weighted by atomic mass is 28.4. The van der Waals surface area contributed by atoms with Crippen LogP contribution in [-0.4, -0.2) is 47.8 Å². The van der Waals surface area contributed by atoms with Crippen molar-refractivity contribution >= 4 is 43.7 Å². The fourth-order valence-electron chi connectivity index (χ4n) is 7.40. The topological polar surface area (TPSA) is 44.8 Å². The van der Waals surface area contributed by atoms with Crippen LogP contribution in [-0.2, 0) is 18.4 Å². The van der Waals surface area contributed by atoms with Crippen LogP contribution in [0.4, 0.5) is 0 Å². The molecule has 1 aliphatic rings. The molecule has 252 valence electrons. The van der Waals surface area contributed by atoms with Crippen LogP contribution in [0.25, 0.3) is 0 Å². The van der Waals surface area contributed by atoms with E-state index in [-0.39, 0.29) is 16.2 Å². The van der Waals surface area contributed by atoms with Gasteiger partial charge in [0.25, 0.3) is 16.6 Å². The SMILES string of the molecule is CC(C)(C)[Si](OC[C@H]1O[C@@H](C=O)CC/C=C\C[C@@H]1O[Si](c1ccccc1)(c1ccccc1)C(C)(C)C)(c1ccccc1)c1ccccc1. The van der Waals surface area contributed by atoms with Crippen LogP contribution in [0.3, 0.4) is 0 Å². The number of aldehydes is 1. The molecule has 0 aromatic heterocycles. The summed E-state index contributed by atoms with van der Waals surface area (Å²) in [5.74, 6) is 0. The molecule has 0 radical (unpaired) electrons. The van der Waals surface area contributed by atoms with Gasteiger partial charge in [-0.05, 0) is 50.1 Å². The van der Waals surface area contributed by atoms with Crippen molar-refractivity contribution in [1.82, 2.24) is 0 Å². The van der Waals surface area contributed by atoms with Gasteiger partial charge in [-0.2, -0.15) is 0 Å². The third-order valence-corrected chi connectivity index (χ3v) is 19.8. The van der Waals surface area contributed by atoms with Crippen LogP contribution in [0.15, 0.2) is 133 Å². The van der Waals surface area contributed by atoms with Gasteiger partial charge in [-0.3, -0.25) is 0 Å². The molecule has 1 aliphatic heterocycles. The summed E-state index contributed by atoms with van der Waals surface area (Å²) in [5.41, 5.74) is 0. The van der Waals surface area contributed by atoms with Crippen molar-refractivity contribution < 1.29 is 18.4 Å². The predicted octanol–water partition coefficient (Wildman–Crippen LogP) is 7.20. The Balaban J connectivity index is 1.65. The van der Waals surface area contributed by atoms with E-state index in [4.69, 9.17) is 13.6 Å². The fourth-order valence-corrected chi connectivity index (χ4v) is 16.7. The molecule has 0 amide bonds. The first kappa shape index (κ1) is 35.9. The Labute approximate surface area is 290 Å². The van der Waals surface area contributed by atoms with Crippen molar-refractivity contribution in [3.05, 3.63) is 133 Å². The second kappa shape index (κ2) is 15.4. The largest absolute Gasteiger partial charge is 0.405 e. The molecule has 4 aromatic rings. The third kappa shape index (κ3) is 7.43. The minimum absolute atomic E-state index is 0.202. The van der Waals surface area contributed by atoms with Gasteiger partial charge in [0.1, 0.15) is 18.5 Å². The maximum Gasteiger partial charge on any atom is 0.261 e. The Bertz CT molecular complexity index is 1520. The average molecular weight is 677 g/mol. The first-order chi connectivity index (χ1) is 23.0. The Morgan fingerprint density at radius 2 is 1.06 bits per heavy atom. The van der Waals surface area contributed by atoms with Crippen molar-refractivity contribution in [3.63, 3.8) is 0 Å². The normalized spacial score (nSPS) is 20.2. The van der Waals surface area contributed by atoms with E-state index < -0.39 is 28.8 Å². The lowest BCUT2D eigenvalue weighted by molar-refractivity contribution is -0.130. The number of hydrogen-bond acceptors (Lipinski definition) is 4. The summed E-state index contributed by atoms with van der Waals surface area (Å²) in [6.45, 7) is 14.1. The quantitative estimate of drug-likeness (QED) is 0.101. The highest BCUT2D eigenvalue weighted by Gasteiger charge is 2.54. The maximum atomic E-state index is 12.5. The van der Waals surface area contributed by atoms with Gasteiger partial charge in [0.15, 0.2) is 0 Å². The lowest BCUT2D eigenvalue weighted by atomic mass is 10.1. The summed E-state index contributed by atoms with van der Waals surface area (Å²) < 4.78 is 22.1. The van der Waals surface area contributed by atoms with Crippen molar-refractivity contribution in [2.24, 2.45) is 0 Å². The van der Waals surface area contributed by atoms with Crippen molar-refractivity contribution in [2.75, 3.05) is 6.61 Å². The molecule has 3 atom stereocenters. The molecular formula is C42H52O4Si2. The number of carbonyl (C=O) groups is 1. The van der Waals surface area contributed by atoms with Gasteiger partial charge in [0.05, 0.1) is 12.7 Å². The van der Waals surface area contributed by atoms with Crippen LogP contribution in [0.1, 0.15) is 60.8 Å². The molecule has 0 spiro atoms. The van der Waals surface area contributed by atoms with E-state index in [2.05, 4.69) is 175 Å². The summed E-state index contributed by atoms with van der Waals surface area (Å²) >= 11 is 0. The van der Waals surface area contributed by atoms with Crippen LogP contribution in [0.5, 0.6) is 0 Å². The predicted molar refractivity (Wildman–Crippen MR) is 204 cm³/mol. The van der Waals surface area contributed by atoms with Crippen molar-refractivity contribution in [1.29, 1.82) is 0 Å². The number of hydrogen-bond donors (Lipinski definition) is 0. The smallest absolute Gasteiger partial charge is 0.261 e. The van der Waals surface area contributed by atoms with Gasteiger partial charge in [0.2, 0.25) is 0 Å². The van der Waals surface area contributed by atoms with Crippen LogP contribution >= 0.6 is 0 Å². The van der Waals surface area contributed by atoms with Gasteiger partial charge < -0.3 is 18.4 Å². The van der Waals surface area contributed by atoms with Crippen LogP contribution < -0.4 is 20.7 Å². The van der Waals surface area contributed by atoms with Gasteiger partial charge in [-0.1, -0.05) is 175 Å². The Morgan fingerprint density at radius 3 is 1.46 bits per heavy atom. The maximum absolute atomic E-state index is 12.5. The standard InChI is InChI=1S/C42H52O4Si2/c1-41(2,3)47(35-23-13-8-14-24-35,36-25-15-9-16-26-36)44-33-40-39(31-21-7-12-22-34(32-43)45-40)46-48(42(4,5)6,37-27-17-10-18-28-37)38-29-19-11-20-30-38/h7-11,13-21,23-30,32,34,39-40H,12,22,31,33H2,1-6H3/b21-7-/t34-,39+,40-/m1/s1. The summed E-state index contributed by atoms with van der Waals surface area (Å²) in [6.07, 6.45) is 6.02. The zero-order valence-electron chi connectivity index (χ0n) is 29.5. The number of rotatable bonds is 10. The second-order valence-electron chi connectivity index (χ2n) is 14.9. The highest BCUT2D eigenvalue weighted by molar-refractivity contribution is 7.00. The zero-order valence-corrected chi connectivity index (χ0v) is 31.5. The van der Waals surface area contributed by atoms with Crippen LogP contribution in [0, 0.1) is 0 Å². The van der Waals surface area contributed by atoms with E-state index >= 15 is 0 Å². The summed E-state index contributed by atoms with van der Waals surface area (Å²) in [4.78, 5) is 12.5. The van der Waals surface area contributed by atoms with E-state index in [1.54, 1.807) is 0 Å². The van der Waals surface area contributed by atoms with E-state index in [1.165, 1.54) is 20.7 Å². The molecule has 5 rings (SSSR count). The minimum atomic E-state index is -2.95. The van der Waals surface area contributed by atoms with E-state index in [0.29, 0.717) is 19.4 Å². The summed E-state index contributed by atoms with van der Waals surface area (Å²) in [5, 5.41) is 4.43. The first-order valence-corrected chi connectivity index (χ1v) is 21.1. The van der Waals surface area contributed by atoms with Gasteiger partial charge >= 0.3 is 0 Å². The monoisotopic (exact) mass is 676 g/mol. The number of benzene rings is 4. The molecule has 0 aliphatic carbocycles. The van der Waals surface area contributed by atoms with E-state index in [0.717, 1.165) is 12.7 Å². The van der Waals surface area contributed by atoms with E-state index in [9.17, 15) is 4.79 Å². The van der Waals surface area contributed by atoms with Gasteiger partial charge in [0, 0.05) is 0 Å². The third-order valence-electron chi connectivity index (χ3n) is 9.69. The highest BCUT2D eigenvalue weighted by Crippen LogP contribution is 2.40. The summed E-state index contributed by atoms with van der Waals surface area (Å²) in [7, 11) is -5.84. The van der Waals surface area contributed by atoms with Crippen molar-refractivity contribution in [3.8, 4) is 0 Å². The molecule has 4 aromatic carbocycles. The Hall–Kier alpha value is -3.40. The Kier molecular flexibility index (Phi) is 11.5. The zero-order chi connectivity index (χ0) is 34.3. The van der Waals surface area contributed by atoms with Gasteiger partial charge in [-0.15, -0.1) is 0 Å². The van der Waals surface area contributed by atoms with Crippen molar-refractivity contribution in [2.45, 2.75) is 89.2 Å². The molecule has 0 fully saturated rings.